The molecule has 278 valence electrons. The number of hydrogen-bond donors (Lipinski definition) is 3. The molecule has 0 aliphatic heterocycles. The average Bonchev–Trinajstić information content (AvgIpc) is 2.91. The zero-order valence-electron chi connectivity index (χ0n) is 31.5. The Labute approximate surface area is 301 Å². The predicted octanol–water partition coefficient (Wildman–Crippen LogP) is 10.1. The first kappa shape index (κ1) is 43.8. The molecule has 2 rings (SSSR count). The smallest absolute Gasteiger partial charge is 0.469 e. The SMILES string of the molecule is CC1=C(/C=C/C(C)=C/C=C/C(C)=C/C=C/C=C(C)/C=C/C=C(C)/C=C/C2C(C)CC(OP(=O)(O)O)CC2(C)C)C(C)(C)CC(OP(=O)([O-])O)C1. The number of phosphoric acid groups is 2. The lowest BCUT2D eigenvalue weighted by Gasteiger charge is -2.44. The zero-order chi connectivity index (χ0) is 37.9. The van der Waals surface area contributed by atoms with Crippen molar-refractivity contribution in [3.05, 3.63) is 119 Å². The van der Waals surface area contributed by atoms with Crippen LogP contribution in [0.5, 0.6) is 0 Å². The van der Waals surface area contributed by atoms with Crippen molar-refractivity contribution in [1.82, 2.24) is 0 Å². The van der Waals surface area contributed by atoms with Gasteiger partial charge < -0.3 is 24.1 Å². The molecule has 0 heterocycles. The van der Waals surface area contributed by atoms with E-state index in [1.54, 1.807) is 0 Å². The van der Waals surface area contributed by atoms with Gasteiger partial charge >= 0.3 is 7.82 Å². The van der Waals surface area contributed by atoms with Crippen LogP contribution in [0.2, 0.25) is 0 Å². The highest BCUT2D eigenvalue weighted by Gasteiger charge is 2.42. The third-order valence-electron chi connectivity index (χ3n) is 9.28. The van der Waals surface area contributed by atoms with E-state index in [0.29, 0.717) is 25.7 Å². The van der Waals surface area contributed by atoms with Gasteiger partial charge in [0.05, 0.1) is 12.2 Å². The maximum Gasteiger partial charge on any atom is 0.469 e. The Kier molecular flexibility index (Phi) is 16.6. The summed E-state index contributed by atoms with van der Waals surface area (Å²) < 4.78 is 32.4. The van der Waals surface area contributed by atoms with Crippen molar-refractivity contribution in [2.75, 3.05) is 0 Å². The van der Waals surface area contributed by atoms with E-state index in [1.165, 1.54) is 0 Å². The van der Waals surface area contributed by atoms with Crippen molar-refractivity contribution < 1.29 is 37.8 Å². The monoisotopic (exact) mass is 729 g/mol. The number of allylic oxidation sites excluding steroid dienone is 19. The Hall–Kier alpha value is -2.38. The van der Waals surface area contributed by atoms with Crippen LogP contribution >= 0.6 is 15.6 Å². The molecular weight excluding hydrogens is 670 g/mol. The number of rotatable bonds is 14. The van der Waals surface area contributed by atoms with E-state index in [4.69, 9.17) is 13.9 Å². The second-order valence-corrected chi connectivity index (χ2v) is 17.6. The third kappa shape index (κ3) is 16.3. The summed E-state index contributed by atoms with van der Waals surface area (Å²) in [7, 11) is -9.26. The Morgan fingerprint density at radius 1 is 0.760 bits per heavy atom. The molecule has 5 unspecified atom stereocenters. The molecule has 1 fully saturated rings. The Bertz CT molecular complexity index is 1580. The van der Waals surface area contributed by atoms with Crippen molar-refractivity contribution in [3.8, 4) is 0 Å². The lowest BCUT2D eigenvalue weighted by atomic mass is 9.63. The van der Waals surface area contributed by atoms with Crippen LogP contribution < -0.4 is 4.89 Å². The first-order valence-electron chi connectivity index (χ1n) is 17.2. The summed E-state index contributed by atoms with van der Waals surface area (Å²) in [6.07, 6.45) is 30.1. The standard InChI is InChI=1S/C40H60O8P2/c1-29(17-13-19-31(3)21-23-37-33(5)25-35(27-39(37,7)8)47-49(41,42)43)15-11-12-16-30(2)18-14-20-32(4)22-24-38-34(6)26-36(28-40(38,9)10)48-50(44,45)46/h11-24,33,35-37H,25-28H2,1-10H3,(H2,41,42,43)(H2,44,45,46)/p-1/b12-11+,17-13+,18-14+,23-21+,24-22+,29-15+,30-16+,31-19+,32-20+. The van der Waals surface area contributed by atoms with E-state index >= 15 is 0 Å². The van der Waals surface area contributed by atoms with Crippen LogP contribution in [0.3, 0.4) is 0 Å². The second-order valence-electron chi connectivity index (χ2n) is 15.3. The van der Waals surface area contributed by atoms with Crippen molar-refractivity contribution in [3.63, 3.8) is 0 Å². The van der Waals surface area contributed by atoms with Crippen LogP contribution in [0, 0.1) is 22.7 Å². The normalized spacial score (nSPS) is 27.5. The average molecular weight is 730 g/mol. The summed E-state index contributed by atoms with van der Waals surface area (Å²) in [4.78, 5) is 38.8. The van der Waals surface area contributed by atoms with Gasteiger partial charge in [0.25, 0.3) is 7.82 Å². The molecule has 1 saturated carbocycles. The van der Waals surface area contributed by atoms with E-state index in [1.807, 2.05) is 51.2 Å². The molecule has 2 aliphatic carbocycles. The molecule has 0 bridgehead atoms. The lowest BCUT2D eigenvalue weighted by molar-refractivity contribution is -0.224. The van der Waals surface area contributed by atoms with E-state index < -0.39 is 27.9 Å². The second kappa shape index (κ2) is 18.9. The molecule has 0 saturated heterocycles. The molecule has 50 heavy (non-hydrogen) atoms. The van der Waals surface area contributed by atoms with Crippen LogP contribution in [0.15, 0.2) is 119 Å². The highest BCUT2D eigenvalue weighted by atomic mass is 31.2. The molecule has 2 aliphatic rings. The molecular formula is C40H59O8P2-. The fourth-order valence-electron chi connectivity index (χ4n) is 7.08. The van der Waals surface area contributed by atoms with Crippen molar-refractivity contribution in [2.45, 2.75) is 107 Å². The van der Waals surface area contributed by atoms with Gasteiger partial charge in [-0.1, -0.05) is 148 Å². The number of phosphoric ester groups is 2. The van der Waals surface area contributed by atoms with Crippen molar-refractivity contribution in [2.24, 2.45) is 22.7 Å². The van der Waals surface area contributed by atoms with Gasteiger partial charge in [0.2, 0.25) is 0 Å². The van der Waals surface area contributed by atoms with Crippen molar-refractivity contribution in [1.29, 1.82) is 0 Å². The minimum absolute atomic E-state index is 0.141. The molecule has 8 nitrogen and oxygen atoms in total. The minimum Gasteiger partial charge on any atom is -0.756 e. The molecule has 0 aromatic rings. The molecule has 0 aromatic carbocycles. The molecule has 0 aromatic heterocycles. The van der Waals surface area contributed by atoms with E-state index in [2.05, 4.69) is 103 Å². The molecule has 0 amide bonds. The highest BCUT2D eigenvalue weighted by Crippen LogP contribution is 2.50. The fourth-order valence-corrected chi connectivity index (χ4v) is 8.16. The van der Waals surface area contributed by atoms with Gasteiger partial charge in [-0.15, -0.1) is 0 Å². The van der Waals surface area contributed by atoms with E-state index in [9.17, 15) is 23.8 Å². The molecule has 5 atom stereocenters. The molecule has 0 spiro atoms. The predicted molar refractivity (Wildman–Crippen MR) is 204 cm³/mol. The van der Waals surface area contributed by atoms with Crippen molar-refractivity contribution >= 4 is 15.6 Å². The summed E-state index contributed by atoms with van der Waals surface area (Å²) in [6, 6.07) is 0. The quantitative estimate of drug-likeness (QED) is 0.119. The van der Waals surface area contributed by atoms with Crippen LogP contribution in [0.25, 0.3) is 0 Å². The van der Waals surface area contributed by atoms with Gasteiger partial charge in [0.1, 0.15) is 0 Å². The summed E-state index contributed by atoms with van der Waals surface area (Å²) in [6.45, 7) is 20.7. The van der Waals surface area contributed by atoms with Gasteiger partial charge in [-0.3, -0.25) is 9.09 Å². The van der Waals surface area contributed by atoms with Gasteiger partial charge in [-0.25, -0.2) is 4.57 Å². The topological polar surface area (TPSA) is 136 Å². The Morgan fingerprint density at radius 3 is 1.74 bits per heavy atom. The van der Waals surface area contributed by atoms with Crippen LogP contribution in [-0.4, -0.2) is 26.9 Å². The third-order valence-corrected chi connectivity index (χ3v) is 10.4. The molecule has 3 N–H and O–H groups in total. The Balaban J connectivity index is 1.91. The summed E-state index contributed by atoms with van der Waals surface area (Å²) in [5, 5.41) is 0. The lowest BCUT2D eigenvalue weighted by Crippen LogP contribution is -2.39. The van der Waals surface area contributed by atoms with Crippen LogP contribution in [-0.2, 0) is 18.2 Å². The van der Waals surface area contributed by atoms with Gasteiger partial charge in [-0.05, 0) is 88.5 Å². The summed E-state index contributed by atoms with van der Waals surface area (Å²) in [5.41, 5.74) is 6.21. The first-order valence-corrected chi connectivity index (χ1v) is 20.2. The molecule has 0 radical (unpaired) electrons. The maximum atomic E-state index is 11.3. The first-order chi connectivity index (χ1) is 23.0. The maximum absolute atomic E-state index is 11.3. The summed E-state index contributed by atoms with van der Waals surface area (Å²) in [5.74, 6) is 0.516. The van der Waals surface area contributed by atoms with Gasteiger partial charge in [0.15, 0.2) is 0 Å². The number of hydrogen-bond acceptors (Lipinski definition) is 5. The van der Waals surface area contributed by atoms with Gasteiger partial charge in [-0.2, -0.15) is 0 Å². The van der Waals surface area contributed by atoms with Crippen LogP contribution in [0.1, 0.15) is 94.9 Å². The highest BCUT2D eigenvalue weighted by molar-refractivity contribution is 7.46. The molecule has 10 heteroatoms. The van der Waals surface area contributed by atoms with E-state index in [-0.39, 0.29) is 22.7 Å². The zero-order valence-corrected chi connectivity index (χ0v) is 33.3. The van der Waals surface area contributed by atoms with E-state index in [0.717, 1.165) is 33.4 Å². The summed E-state index contributed by atoms with van der Waals surface area (Å²) >= 11 is 0. The fraction of sp³-hybridized carbons (Fsp3) is 0.500. The van der Waals surface area contributed by atoms with Crippen LogP contribution in [0.4, 0.5) is 0 Å². The largest absolute Gasteiger partial charge is 0.756 e. The Morgan fingerprint density at radius 2 is 1.26 bits per heavy atom. The minimum atomic E-state index is -4.77. The van der Waals surface area contributed by atoms with Gasteiger partial charge in [0, 0.05) is 0 Å².